The molecule has 0 radical (unpaired) electrons. The molecule has 6 rings (SSSR count). The second kappa shape index (κ2) is 14.8. The molecule has 14 heteroatoms. The van der Waals surface area contributed by atoms with E-state index < -0.39 is 100 Å². The third kappa shape index (κ3) is 6.66. The highest BCUT2D eigenvalue weighted by atomic mass is 16.6. The summed E-state index contributed by atoms with van der Waals surface area (Å²) in [7, 11) is 0. The van der Waals surface area contributed by atoms with Crippen molar-refractivity contribution in [1.29, 1.82) is 0 Å². The number of carbonyl (C=O) groups excluding carboxylic acids is 6. The number of hydrogen-bond acceptors (Lipinski definition) is 14. The highest BCUT2D eigenvalue weighted by Crippen LogP contribution is 2.69. The van der Waals surface area contributed by atoms with Crippen molar-refractivity contribution in [3.63, 3.8) is 0 Å². The summed E-state index contributed by atoms with van der Waals surface area (Å²) in [5.74, 6) is -5.89. The van der Waals surface area contributed by atoms with Gasteiger partial charge in [0.1, 0.15) is 24.4 Å². The van der Waals surface area contributed by atoms with Crippen LogP contribution in [0.3, 0.4) is 0 Å². The summed E-state index contributed by atoms with van der Waals surface area (Å²) < 4.78 is 43.8. The quantitative estimate of drug-likeness (QED) is 0.214. The Morgan fingerprint density at radius 2 is 1.27 bits per heavy atom. The van der Waals surface area contributed by atoms with Crippen LogP contribution in [-0.2, 0) is 52.3 Å². The normalized spacial score (nSPS) is 33.2. The zero-order chi connectivity index (χ0) is 41.0. The largest absolute Gasteiger partial charge is 0.462 e. The molecule has 1 aliphatic heterocycles. The molecule has 2 unspecified atom stereocenters. The summed E-state index contributed by atoms with van der Waals surface area (Å²) in [5.41, 5.74) is -6.40. The van der Waals surface area contributed by atoms with Gasteiger partial charge in [0, 0.05) is 40.5 Å². The van der Waals surface area contributed by atoms with E-state index in [0.717, 1.165) is 6.92 Å². The van der Waals surface area contributed by atoms with Crippen molar-refractivity contribution in [3.8, 4) is 0 Å². The average molecular weight is 777 g/mol. The predicted octanol–water partition coefficient (Wildman–Crippen LogP) is 4.45. The third-order valence-electron chi connectivity index (χ3n) is 12.1. The number of ether oxygens (including phenoxy) is 7. The van der Waals surface area contributed by atoms with Gasteiger partial charge >= 0.3 is 35.8 Å². The topological polar surface area (TPSA) is 187 Å². The Kier molecular flexibility index (Phi) is 10.7. The van der Waals surface area contributed by atoms with Gasteiger partial charge in [-0.15, -0.1) is 0 Å². The van der Waals surface area contributed by atoms with E-state index in [1.807, 2.05) is 0 Å². The first-order valence-corrected chi connectivity index (χ1v) is 18.6. The van der Waals surface area contributed by atoms with Crippen molar-refractivity contribution in [3.05, 3.63) is 82.9 Å². The molecule has 0 aromatic heterocycles. The van der Waals surface area contributed by atoms with Gasteiger partial charge in [0.2, 0.25) is 0 Å². The lowest BCUT2D eigenvalue weighted by atomic mass is 9.49. The molecule has 0 amide bonds. The van der Waals surface area contributed by atoms with Crippen molar-refractivity contribution in [2.45, 2.75) is 116 Å². The summed E-state index contributed by atoms with van der Waals surface area (Å²) in [6, 6.07) is 16.1. The van der Waals surface area contributed by atoms with Crippen LogP contribution in [0, 0.1) is 16.7 Å². The minimum absolute atomic E-state index is 0.0695. The third-order valence-corrected chi connectivity index (χ3v) is 12.1. The SMILES string of the molecule is CC(=O)O[C@H]1C[C@]2(C(C)(C)O)C(=C1C)[C@@H](OC(=O)c1ccccc1)[C@H](OC(C)=O)[C@@]1(C)C(C2OC(=O)c2ccccc2)[C@]2(OC(C)=O)CO[C@@H]2C[C@@H]1OC(C)=O. The molecule has 1 heterocycles. The second-order valence-electron chi connectivity index (χ2n) is 15.9. The molecule has 4 aliphatic rings. The molecule has 2 saturated carbocycles. The van der Waals surface area contributed by atoms with Crippen LogP contribution in [0.4, 0.5) is 0 Å². The van der Waals surface area contributed by atoms with Crippen molar-refractivity contribution in [1.82, 2.24) is 0 Å². The van der Waals surface area contributed by atoms with E-state index in [2.05, 4.69) is 0 Å². The highest BCUT2D eigenvalue weighted by molar-refractivity contribution is 5.90. The first kappa shape index (κ1) is 40.6. The summed E-state index contributed by atoms with van der Waals surface area (Å²) in [4.78, 5) is 81.0. The minimum Gasteiger partial charge on any atom is -0.462 e. The Morgan fingerprint density at radius 1 is 0.732 bits per heavy atom. The van der Waals surface area contributed by atoms with E-state index in [1.165, 1.54) is 46.8 Å². The summed E-state index contributed by atoms with van der Waals surface area (Å²) in [6.45, 7) is 10.8. The van der Waals surface area contributed by atoms with E-state index in [9.17, 15) is 33.9 Å². The molecule has 1 N–H and O–H groups in total. The van der Waals surface area contributed by atoms with E-state index in [4.69, 9.17) is 33.2 Å². The Balaban J connectivity index is 1.77. The van der Waals surface area contributed by atoms with Crippen LogP contribution in [-0.4, -0.2) is 95.4 Å². The number of aliphatic hydroxyl groups is 1. The van der Waals surface area contributed by atoms with E-state index >= 15 is 0 Å². The standard InChI is InChI=1S/C42H48O14/c1-22-29(51-23(2)43)20-41(39(6,7)49)32(22)33(54-37(47)27-15-11-9-12-16-27)35(53-25(4)45)40(8)30(52-24(3)44)19-31-42(21-50-31,56-26(5)46)34(40)36(41)55-38(48)28-17-13-10-14-18-28/h9-18,29-31,33-36,49H,19-21H2,1-8H3/t29-,30-,31+,33+,34?,35-,36?,40+,41-,42-/m0/s1. The predicted molar refractivity (Wildman–Crippen MR) is 194 cm³/mol. The van der Waals surface area contributed by atoms with Crippen LogP contribution in [0.25, 0.3) is 0 Å². The van der Waals surface area contributed by atoms with Gasteiger partial charge in [-0.2, -0.15) is 0 Å². The number of rotatable bonds is 9. The Bertz CT molecular complexity index is 1930. The summed E-state index contributed by atoms with van der Waals surface area (Å²) in [6.07, 6.45) is -8.24. The molecule has 300 valence electrons. The van der Waals surface area contributed by atoms with Gasteiger partial charge in [-0.05, 0) is 56.2 Å². The van der Waals surface area contributed by atoms with Crippen LogP contribution < -0.4 is 0 Å². The van der Waals surface area contributed by atoms with Crippen LogP contribution in [0.5, 0.6) is 0 Å². The first-order chi connectivity index (χ1) is 26.3. The fourth-order valence-electron chi connectivity index (χ4n) is 9.86. The maximum Gasteiger partial charge on any atom is 0.338 e. The van der Waals surface area contributed by atoms with Crippen LogP contribution in [0.15, 0.2) is 71.8 Å². The fraction of sp³-hybridized carbons (Fsp3) is 0.524. The number of benzene rings is 2. The zero-order valence-electron chi connectivity index (χ0n) is 32.7. The summed E-state index contributed by atoms with van der Waals surface area (Å²) in [5, 5.41) is 12.8. The molecule has 14 nitrogen and oxygen atoms in total. The van der Waals surface area contributed by atoms with Crippen LogP contribution in [0.2, 0.25) is 0 Å². The number of fused-ring (bicyclic) bond motifs is 4. The number of hydrogen-bond donors (Lipinski definition) is 1. The van der Waals surface area contributed by atoms with Crippen molar-refractivity contribution in [2.75, 3.05) is 6.61 Å². The molecule has 0 bridgehead atoms. The molecule has 3 aliphatic carbocycles. The highest BCUT2D eigenvalue weighted by Gasteiger charge is 2.81. The Morgan fingerprint density at radius 3 is 1.73 bits per heavy atom. The van der Waals surface area contributed by atoms with Gasteiger partial charge in [-0.25, -0.2) is 9.59 Å². The van der Waals surface area contributed by atoms with Gasteiger partial charge < -0.3 is 38.3 Å². The van der Waals surface area contributed by atoms with Gasteiger partial charge in [-0.1, -0.05) is 43.3 Å². The van der Waals surface area contributed by atoms with Crippen LogP contribution in [0.1, 0.15) is 88.9 Å². The molecule has 1 saturated heterocycles. The molecule has 2 aromatic rings. The van der Waals surface area contributed by atoms with Gasteiger partial charge in [0.15, 0.2) is 17.8 Å². The van der Waals surface area contributed by atoms with E-state index in [-0.39, 0.29) is 36.1 Å². The maximum absolute atomic E-state index is 14.5. The molecular weight excluding hydrogens is 728 g/mol. The van der Waals surface area contributed by atoms with Gasteiger partial charge in [-0.3, -0.25) is 19.2 Å². The lowest BCUT2D eigenvalue weighted by Crippen LogP contribution is -2.79. The van der Waals surface area contributed by atoms with Crippen LogP contribution >= 0.6 is 0 Å². The molecule has 56 heavy (non-hydrogen) atoms. The van der Waals surface area contributed by atoms with Crippen molar-refractivity contribution in [2.24, 2.45) is 16.7 Å². The second-order valence-corrected chi connectivity index (χ2v) is 15.9. The zero-order valence-corrected chi connectivity index (χ0v) is 32.7. The lowest BCUT2D eigenvalue weighted by Gasteiger charge is -2.65. The maximum atomic E-state index is 14.5. The van der Waals surface area contributed by atoms with Crippen molar-refractivity contribution < 1.29 is 67.0 Å². The molecule has 10 atom stereocenters. The molecular formula is C42H48O14. The lowest BCUT2D eigenvalue weighted by molar-refractivity contribution is -0.352. The average Bonchev–Trinajstić information content (AvgIpc) is 3.37. The smallest absolute Gasteiger partial charge is 0.338 e. The van der Waals surface area contributed by atoms with Gasteiger partial charge in [0.05, 0.1) is 40.1 Å². The molecule has 0 spiro atoms. The van der Waals surface area contributed by atoms with Crippen molar-refractivity contribution >= 4 is 35.8 Å². The van der Waals surface area contributed by atoms with Gasteiger partial charge in [0.25, 0.3) is 0 Å². The van der Waals surface area contributed by atoms with E-state index in [1.54, 1.807) is 62.4 Å². The molecule has 3 fully saturated rings. The number of carbonyl (C=O) groups is 6. The number of esters is 6. The minimum atomic E-state index is -1.94. The fourth-order valence-corrected chi connectivity index (χ4v) is 9.86. The van der Waals surface area contributed by atoms with E-state index in [0.29, 0.717) is 5.57 Å². The molecule has 2 aromatic carbocycles. The monoisotopic (exact) mass is 776 g/mol. The Labute approximate surface area is 324 Å². The first-order valence-electron chi connectivity index (χ1n) is 18.6. The Hall–Kier alpha value is -5.08. The summed E-state index contributed by atoms with van der Waals surface area (Å²) >= 11 is 0.